The molecule has 3 fully saturated rings. The Morgan fingerprint density at radius 2 is 0.968 bits per heavy atom. The number of nitrogens with zero attached hydrogens (tertiary/aromatic N) is 1. The highest BCUT2D eigenvalue weighted by Crippen LogP contribution is 2.42. The molecule has 0 aromatic heterocycles. The van der Waals surface area contributed by atoms with Crippen molar-refractivity contribution in [1.82, 2.24) is 4.81 Å². The van der Waals surface area contributed by atoms with Gasteiger partial charge < -0.3 is 4.81 Å². The van der Waals surface area contributed by atoms with E-state index in [1.807, 2.05) is 0 Å². The molecule has 3 rings (SSSR count). The smallest absolute Gasteiger partial charge is 0.159 e. The van der Waals surface area contributed by atoms with E-state index in [0.717, 1.165) is 0 Å². The summed E-state index contributed by atoms with van der Waals surface area (Å²) in [4.78, 5) is 2.72. The van der Waals surface area contributed by atoms with E-state index in [1.165, 1.54) is 141 Å². The van der Waals surface area contributed by atoms with Gasteiger partial charge in [0.1, 0.15) is 7.28 Å². The lowest BCUT2D eigenvalue weighted by atomic mass is 9.30. The Labute approximate surface area is 198 Å². The third kappa shape index (κ3) is 9.50. The van der Waals surface area contributed by atoms with Crippen molar-refractivity contribution in [3.63, 3.8) is 0 Å². The summed E-state index contributed by atoms with van der Waals surface area (Å²) in [5.74, 6) is 0.675. The van der Waals surface area contributed by atoms with Crippen molar-refractivity contribution in [1.29, 1.82) is 0 Å². The van der Waals surface area contributed by atoms with Gasteiger partial charge in [-0.2, -0.15) is 0 Å². The van der Waals surface area contributed by atoms with Crippen LogP contribution >= 0.6 is 0 Å². The van der Waals surface area contributed by atoms with Crippen molar-refractivity contribution < 1.29 is 0 Å². The molecule has 2 aliphatic carbocycles. The summed E-state index contributed by atoms with van der Waals surface area (Å²) in [6.45, 7) is 6.41. The third-order valence-corrected chi connectivity index (χ3v) is 8.85. The van der Waals surface area contributed by atoms with Crippen molar-refractivity contribution in [2.24, 2.45) is 0 Å². The minimum Gasteiger partial charge on any atom is -0.360 e. The summed E-state index contributed by atoms with van der Waals surface area (Å²) >= 11 is 0. The van der Waals surface area contributed by atoms with Crippen LogP contribution in [-0.4, -0.2) is 39.1 Å². The molecule has 3 aliphatic rings. The van der Waals surface area contributed by atoms with Crippen LogP contribution in [0.15, 0.2) is 0 Å². The van der Waals surface area contributed by atoms with Crippen molar-refractivity contribution >= 4 is 21.8 Å². The molecule has 0 aromatic carbocycles. The van der Waals surface area contributed by atoms with Gasteiger partial charge >= 0.3 is 0 Å². The molecule has 0 bridgehead atoms. The van der Waals surface area contributed by atoms with Gasteiger partial charge in [0.05, 0.1) is 7.17 Å². The molecule has 31 heavy (non-hydrogen) atoms. The van der Waals surface area contributed by atoms with Gasteiger partial charge in [0.2, 0.25) is 0 Å². The Hall–Kier alpha value is 0.155. The molecular weight excluding hydrogens is 371 g/mol. The molecule has 1 unspecified atom stereocenters. The fourth-order valence-corrected chi connectivity index (χ4v) is 6.56. The summed E-state index contributed by atoms with van der Waals surface area (Å²) in [7, 11) is 8.01. The van der Waals surface area contributed by atoms with Crippen LogP contribution in [0.1, 0.15) is 149 Å². The molecule has 1 atom stereocenters. The number of rotatable bonds is 5. The predicted molar refractivity (Wildman–Crippen MR) is 141 cm³/mol. The van der Waals surface area contributed by atoms with Crippen molar-refractivity contribution in [3.05, 3.63) is 0 Å². The van der Waals surface area contributed by atoms with Crippen LogP contribution in [0.25, 0.3) is 0 Å². The van der Waals surface area contributed by atoms with Crippen LogP contribution in [0, 0.1) is 0 Å². The second kappa shape index (κ2) is 13.8. The first-order valence-electron chi connectivity index (χ1n) is 14.4. The Bertz CT molecular complexity index is 461. The van der Waals surface area contributed by atoms with E-state index in [4.69, 9.17) is 0 Å². The van der Waals surface area contributed by atoms with Gasteiger partial charge in [0.15, 0.2) is 7.31 Å². The second-order valence-corrected chi connectivity index (χ2v) is 12.0. The minimum atomic E-state index is 0.420. The molecule has 0 aromatic rings. The summed E-state index contributed by atoms with van der Waals surface area (Å²) in [6, 6.07) is 0. The Balaban J connectivity index is 1.51. The van der Waals surface area contributed by atoms with E-state index in [2.05, 4.69) is 40.4 Å². The maximum Gasteiger partial charge on any atom is 0.159 e. The molecule has 0 N–H and O–H groups in total. The molecule has 0 amide bonds. The minimum absolute atomic E-state index is 0.420. The van der Waals surface area contributed by atoms with E-state index < -0.39 is 0 Å². The van der Waals surface area contributed by atoms with Gasteiger partial charge in [-0.1, -0.05) is 146 Å². The maximum absolute atomic E-state index is 2.82. The van der Waals surface area contributed by atoms with Crippen LogP contribution < -0.4 is 0 Å². The van der Waals surface area contributed by atoms with E-state index in [1.54, 1.807) is 0 Å². The molecule has 3 radical (unpaired) electrons. The van der Waals surface area contributed by atoms with E-state index in [-0.39, 0.29) is 0 Å². The van der Waals surface area contributed by atoms with Gasteiger partial charge in [-0.05, 0) is 25.3 Å². The second-order valence-electron chi connectivity index (χ2n) is 12.0. The van der Waals surface area contributed by atoms with Crippen LogP contribution in [0.4, 0.5) is 0 Å². The summed E-state index contributed by atoms with van der Waals surface area (Å²) in [5, 5.41) is 0.870. The van der Waals surface area contributed by atoms with Crippen LogP contribution in [0.2, 0.25) is 10.6 Å². The van der Waals surface area contributed by atoms with Gasteiger partial charge in [0, 0.05) is 0 Å². The zero-order valence-corrected chi connectivity index (χ0v) is 21.3. The number of hydrogen-bond acceptors (Lipinski definition) is 1. The lowest BCUT2D eigenvalue weighted by molar-refractivity contribution is 0.425. The molecular formula is C27H51B3N. The van der Waals surface area contributed by atoms with Gasteiger partial charge in [0.25, 0.3) is 0 Å². The Morgan fingerprint density at radius 1 is 0.548 bits per heavy atom. The van der Waals surface area contributed by atoms with Crippen LogP contribution in [-0.2, 0) is 0 Å². The highest BCUT2D eigenvalue weighted by Gasteiger charge is 2.35. The molecule has 1 saturated heterocycles. The first kappa shape index (κ1) is 25.8. The zero-order valence-electron chi connectivity index (χ0n) is 21.3. The quantitative estimate of drug-likeness (QED) is 0.404. The average Bonchev–Trinajstić information content (AvgIpc) is 3.17. The van der Waals surface area contributed by atoms with E-state index in [0.29, 0.717) is 16.6 Å². The lowest BCUT2D eigenvalue weighted by Gasteiger charge is -2.37. The predicted octanol–water partition coefficient (Wildman–Crippen LogP) is 8.15. The molecule has 1 aliphatic heterocycles. The fourth-order valence-electron chi connectivity index (χ4n) is 6.56. The molecule has 173 valence electrons. The van der Waals surface area contributed by atoms with Gasteiger partial charge in [-0.25, -0.2) is 0 Å². The Kier molecular flexibility index (Phi) is 11.4. The first-order valence-corrected chi connectivity index (χ1v) is 14.4. The maximum atomic E-state index is 2.82. The topological polar surface area (TPSA) is 3.24 Å². The average molecular weight is 422 g/mol. The van der Waals surface area contributed by atoms with Gasteiger partial charge in [-0.3, -0.25) is 0 Å². The SMILES string of the molecule is CC1([B]C2CCCN2[B][B]C2(C)CCCCCCCCC2)CCCCCCCCCC1. The fraction of sp³-hybridized carbons (Fsp3) is 1.00. The highest BCUT2D eigenvalue weighted by molar-refractivity contribution is 7.00. The zero-order chi connectivity index (χ0) is 21.8. The van der Waals surface area contributed by atoms with Crippen LogP contribution in [0.3, 0.4) is 0 Å². The van der Waals surface area contributed by atoms with Crippen molar-refractivity contribution in [2.75, 3.05) is 6.54 Å². The molecule has 2 saturated carbocycles. The van der Waals surface area contributed by atoms with Crippen LogP contribution in [0.5, 0.6) is 0 Å². The third-order valence-electron chi connectivity index (χ3n) is 8.85. The normalized spacial score (nSPS) is 29.4. The molecule has 4 heteroatoms. The van der Waals surface area contributed by atoms with Crippen molar-refractivity contribution in [3.8, 4) is 0 Å². The summed E-state index contributed by atoms with van der Waals surface area (Å²) in [5.41, 5.74) is 0. The van der Waals surface area contributed by atoms with E-state index >= 15 is 0 Å². The summed E-state index contributed by atoms with van der Waals surface area (Å²) in [6.07, 6.45) is 30.2. The standard InChI is InChI=1S/C27H51B3N/c1-26(20-14-10-6-3-4-7-11-15-21-26)28-25-19-18-24-31(25)30-29-27(2)22-16-12-8-5-9-13-17-23-27/h25H,3-24H2,1-2H3. The molecule has 0 spiro atoms. The van der Waals surface area contributed by atoms with Crippen molar-refractivity contribution in [2.45, 2.75) is 165 Å². The van der Waals surface area contributed by atoms with Gasteiger partial charge in [-0.15, -0.1) is 0 Å². The largest absolute Gasteiger partial charge is 0.360 e. The van der Waals surface area contributed by atoms with E-state index in [9.17, 15) is 0 Å². The monoisotopic (exact) mass is 422 g/mol. The lowest BCUT2D eigenvalue weighted by Crippen LogP contribution is -2.45. The first-order chi connectivity index (χ1) is 15.1. The number of hydrogen-bond donors (Lipinski definition) is 0. The highest BCUT2D eigenvalue weighted by atomic mass is 15.1. The molecule has 1 heterocycles. The molecule has 1 nitrogen and oxygen atoms in total. The Morgan fingerprint density at radius 3 is 1.45 bits per heavy atom. The summed E-state index contributed by atoms with van der Waals surface area (Å²) < 4.78 is 0.